The summed E-state index contributed by atoms with van der Waals surface area (Å²) in [6.07, 6.45) is 4.78. The smallest absolute Gasteiger partial charge is 0.0867 e. The van der Waals surface area contributed by atoms with Crippen LogP contribution in [-0.4, -0.2) is 16.5 Å². The summed E-state index contributed by atoms with van der Waals surface area (Å²) < 4.78 is 0. The molecule has 2 aromatic heterocycles. The Morgan fingerprint density at radius 3 is 2.70 bits per heavy atom. The van der Waals surface area contributed by atoms with E-state index in [1.165, 1.54) is 5.56 Å². The zero-order chi connectivity index (χ0) is 16.4. The molecule has 0 amide bonds. The van der Waals surface area contributed by atoms with E-state index in [1.54, 1.807) is 6.07 Å². The van der Waals surface area contributed by atoms with Crippen molar-refractivity contribution in [2.24, 2.45) is 5.73 Å². The molecule has 23 heavy (non-hydrogen) atoms. The predicted molar refractivity (Wildman–Crippen MR) is 98.3 cm³/mol. The maximum Gasteiger partial charge on any atom is 0.0867 e. The highest BCUT2D eigenvalue weighted by molar-refractivity contribution is 6.39. The molecule has 3 aromatic rings. The molecule has 1 aromatic carbocycles. The fourth-order valence-corrected chi connectivity index (χ4v) is 3.45. The van der Waals surface area contributed by atoms with Crippen molar-refractivity contribution in [2.75, 3.05) is 6.54 Å². The number of H-pyrrole nitrogens is 1. The molecule has 0 radical (unpaired) electrons. The zero-order valence-corrected chi connectivity index (χ0v) is 14.5. The van der Waals surface area contributed by atoms with E-state index in [1.807, 2.05) is 25.3 Å². The van der Waals surface area contributed by atoms with Crippen LogP contribution in [0.2, 0.25) is 10.0 Å². The lowest BCUT2D eigenvalue weighted by Crippen LogP contribution is -1.99. The highest BCUT2D eigenvalue weighted by atomic mass is 35.5. The van der Waals surface area contributed by atoms with Gasteiger partial charge in [0.1, 0.15) is 0 Å². The third kappa shape index (κ3) is 3.37. The molecular formula is C18H19Cl2N3. The van der Waals surface area contributed by atoms with Crippen LogP contribution >= 0.6 is 23.2 Å². The number of hydrogen-bond donors (Lipinski definition) is 2. The number of hydrogen-bond acceptors (Lipinski definition) is 2. The van der Waals surface area contributed by atoms with Gasteiger partial charge in [-0.3, -0.25) is 4.98 Å². The van der Waals surface area contributed by atoms with Crippen molar-refractivity contribution in [3.63, 3.8) is 0 Å². The van der Waals surface area contributed by atoms with Gasteiger partial charge >= 0.3 is 0 Å². The van der Waals surface area contributed by atoms with Gasteiger partial charge in [0.2, 0.25) is 0 Å². The molecular weight excluding hydrogens is 329 g/mol. The number of nitrogens with two attached hydrogens (primary N) is 1. The van der Waals surface area contributed by atoms with E-state index in [0.29, 0.717) is 16.6 Å². The molecule has 2 heterocycles. The molecule has 0 saturated carbocycles. The summed E-state index contributed by atoms with van der Waals surface area (Å²) in [5.74, 6) is 0. The van der Waals surface area contributed by atoms with Gasteiger partial charge in [-0.1, -0.05) is 29.3 Å². The molecule has 5 heteroatoms. The van der Waals surface area contributed by atoms with Crippen LogP contribution in [0.3, 0.4) is 0 Å². The number of nitrogens with zero attached hydrogens (tertiary/aromatic N) is 1. The first-order chi connectivity index (χ1) is 11.1. The number of aromatic nitrogens is 2. The second kappa shape index (κ2) is 6.91. The minimum atomic E-state index is 0.626. The number of nitrogens with one attached hydrogen (secondary N) is 1. The molecule has 3 N–H and O–H groups in total. The van der Waals surface area contributed by atoms with Crippen LogP contribution in [-0.2, 0) is 6.42 Å². The Bertz CT molecular complexity index is 822. The summed E-state index contributed by atoms with van der Waals surface area (Å²) in [6, 6.07) is 7.79. The van der Waals surface area contributed by atoms with Crippen LogP contribution in [0.4, 0.5) is 0 Å². The number of halogens is 2. The minimum Gasteiger partial charge on any atom is -0.353 e. The molecule has 0 aliphatic heterocycles. The quantitative estimate of drug-likeness (QED) is 0.628. The fraction of sp³-hybridized carbons (Fsp3) is 0.278. The van der Waals surface area contributed by atoms with Gasteiger partial charge in [0.05, 0.1) is 16.4 Å². The van der Waals surface area contributed by atoms with Gasteiger partial charge in [-0.15, -0.1) is 0 Å². The maximum absolute atomic E-state index is 6.46. The van der Waals surface area contributed by atoms with E-state index in [9.17, 15) is 0 Å². The van der Waals surface area contributed by atoms with Crippen LogP contribution in [0.25, 0.3) is 22.3 Å². The van der Waals surface area contributed by atoms with E-state index < -0.39 is 0 Å². The van der Waals surface area contributed by atoms with Gasteiger partial charge in [-0.2, -0.15) is 0 Å². The Hall–Kier alpha value is -1.55. The first kappa shape index (κ1) is 16.3. The monoisotopic (exact) mass is 347 g/mol. The van der Waals surface area contributed by atoms with Crippen molar-refractivity contribution in [3.05, 3.63) is 51.6 Å². The topological polar surface area (TPSA) is 54.7 Å². The van der Waals surface area contributed by atoms with Gasteiger partial charge in [0.15, 0.2) is 0 Å². The third-order valence-corrected chi connectivity index (χ3v) is 4.48. The lowest BCUT2D eigenvalue weighted by atomic mass is 10.0. The van der Waals surface area contributed by atoms with E-state index in [4.69, 9.17) is 28.9 Å². The maximum atomic E-state index is 6.46. The fourth-order valence-electron chi connectivity index (χ4n) is 2.84. The lowest BCUT2D eigenvalue weighted by Gasteiger charge is -2.06. The average molecular weight is 348 g/mol. The number of unbranched alkanes of at least 4 members (excludes halogenated alkanes) is 1. The van der Waals surface area contributed by atoms with Crippen LogP contribution in [0.15, 0.2) is 30.5 Å². The summed E-state index contributed by atoms with van der Waals surface area (Å²) >= 11 is 12.6. The summed E-state index contributed by atoms with van der Waals surface area (Å²) in [5.41, 5.74) is 10.8. The molecule has 0 atom stereocenters. The Labute approximate surface area is 145 Å². The van der Waals surface area contributed by atoms with E-state index in [2.05, 4.69) is 16.0 Å². The molecule has 0 fully saturated rings. The average Bonchev–Trinajstić information content (AvgIpc) is 2.87. The van der Waals surface area contributed by atoms with Crippen molar-refractivity contribution in [2.45, 2.75) is 26.2 Å². The molecule has 120 valence electrons. The van der Waals surface area contributed by atoms with E-state index >= 15 is 0 Å². The Morgan fingerprint density at radius 2 is 2.00 bits per heavy atom. The van der Waals surface area contributed by atoms with Gasteiger partial charge in [0.25, 0.3) is 0 Å². The third-order valence-electron chi connectivity index (χ3n) is 3.97. The minimum absolute atomic E-state index is 0.626. The van der Waals surface area contributed by atoms with Gasteiger partial charge in [-0.05, 0) is 62.1 Å². The molecule has 3 rings (SSSR count). The lowest BCUT2D eigenvalue weighted by molar-refractivity contribution is 0.748. The number of aromatic amines is 1. The largest absolute Gasteiger partial charge is 0.353 e. The normalized spacial score (nSPS) is 11.3. The highest BCUT2D eigenvalue weighted by Crippen LogP contribution is 2.36. The molecule has 0 unspecified atom stereocenters. The molecule has 0 saturated heterocycles. The van der Waals surface area contributed by atoms with Crippen LogP contribution in [0, 0.1) is 6.92 Å². The molecule has 0 bridgehead atoms. The second-order valence-corrected chi connectivity index (χ2v) is 6.60. The summed E-state index contributed by atoms with van der Waals surface area (Å²) in [4.78, 5) is 8.00. The molecule has 0 spiro atoms. The van der Waals surface area contributed by atoms with Crippen molar-refractivity contribution in [1.29, 1.82) is 0 Å². The first-order valence-corrected chi connectivity index (χ1v) is 8.48. The predicted octanol–water partition coefficient (Wildman–Crippen LogP) is 5.13. The van der Waals surface area contributed by atoms with Crippen molar-refractivity contribution in [3.8, 4) is 11.4 Å². The van der Waals surface area contributed by atoms with Gasteiger partial charge in [-0.25, -0.2) is 0 Å². The SMILES string of the molecule is Cc1ccc(-c2[nH]c3cc(Cl)cc(Cl)c3c2CCCCN)nc1. The Kier molecular flexibility index (Phi) is 4.90. The molecule has 0 aliphatic carbocycles. The number of fused-ring (bicyclic) bond motifs is 1. The number of rotatable bonds is 5. The summed E-state index contributed by atoms with van der Waals surface area (Å²) in [5, 5.41) is 2.33. The number of pyridine rings is 1. The Balaban J connectivity index is 2.16. The van der Waals surface area contributed by atoms with Crippen LogP contribution in [0.5, 0.6) is 0 Å². The summed E-state index contributed by atoms with van der Waals surface area (Å²) in [7, 11) is 0. The van der Waals surface area contributed by atoms with E-state index in [0.717, 1.165) is 47.1 Å². The van der Waals surface area contributed by atoms with E-state index in [-0.39, 0.29) is 0 Å². The summed E-state index contributed by atoms with van der Waals surface area (Å²) in [6.45, 7) is 2.72. The highest BCUT2D eigenvalue weighted by Gasteiger charge is 2.17. The second-order valence-electron chi connectivity index (χ2n) is 5.76. The Morgan fingerprint density at radius 1 is 1.17 bits per heavy atom. The molecule has 0 aliphatic rings. The zero-order valence-electron chi connectivity index (χ0n) is 13.0. The van der Waals surface area contributed by atoms with Crippen molar-refractivity contribution >= 4 is 34.1 Å². The van der Waals surface area contributed by atoms with Crippen LogP contribution < -0.4 is 5.73 Å². The standard InChI is InChI=1S/C18H19Cl2N3/c1-11-5-6-15(22-10-11)18-13(4-2-3-7-21)17-14(20)8-12(19)9-16(17)23-18/h5-6,8-10,23H,2-4,7,21H2,1H3. The number of benzene rings is 1. The van der Waals surface area contributed by atoms with Gasteiger partial charge in [0, 0.05) is 22.1 Å². The first-order valence-electron chi connectivity index (χ1n) is 7.73. The van der Waals surface area contributed by atoms with Crippen LogP contribution in [0.1, 0.15) is 24.0 Å². The van der Waals surface area contributed by atoms with Gasteiger partial charge < -0.3 is 10.7 Å². The number of aryl methyl sites for hydroxylation is 2. The molecule has 3 nitrogen and oxygen atoms in total. The van der Waals surface area contributed by atoms with Crippen molar-refractivity contribution < 1.29 is 0 Å². The van der Waals surface area contributed by atoms with Crippen molar-refractivity contribution in [1.82, 2.24) is 9.97 Å².